The quantitative estimate of drug-likeness (QED) is 0.785. The minimum absolute atomic E-state index is 0.135. The molecule has 0 unspecified atom stereocenters. The highest BCUT2D eigenvalue weighted by molar-refractivity contribution is 5.91. The van der Waals surface area contributed by atoms with Crippen LogP contribution in [0.4, 0.5) is 9.59 Å². The van der Waals surface area contributed by atoms with E-state index in [-0.39, 0.29) is 18.7 Å². The van der Waals surface area contributed by atoms with Crippen LogP contribution < -0.4 is 10.6 Å². The van der Waals surface area contributed by atoms with E-state index < -0.39 is 34.8 Å². The van der Waals surface area contributed by atoms with Gasteiger partial charge in [-0.05, 0) is 48.0 Å². The number of alkyl carbamates (subject to hydrolysis) is 2. The van der Waals surface area contributed by atoms with Crippen molar-refractivity contribution in [2.24, 2.45) is 5.41 Å². The Bertz CT molecular complexity index is 481. The van der Waals surface area contributed by atoms with Crippen LogP contribution in [0.25, 0.3) is 0 Å². The minimum Gasteiger partial charge on any atom is -0.444 e. The van der Waals surface area contributed by atoms with Crippen molar-refractivity contribution in [1.82, 2.24) is 10.6 Å². The molecule has 0 radical (unpaired) electrons. The number of ketones is 1. The standard InChI is InChI=1S/C18H34N2O5/c1-16(2,3)13(21)12(20-15(23)25-18(7,8)9)10-11-19-14(22)24-17(4,5)6/h12H,10-11H2,1-9H3,(H,19,22)(H,20,23)/t12-/m0/s1. The van der Waals surface area contributed by atoms with Crippen molar-refractivity contribution in [3.05, 3.63) is 0 Å². The number of ether oxygens (including phenoxy) is 2. The summed E-state index contributed by atoms with van der Waals surface area (Å²) in [6.45, 7) is 16.1. The summed E-state index contributed by atoms with van der Waals surface area (Å²) in [4.78, 5) is 36.2. The molecule has 0 aromatic heterocycles. The van der Waals surface area contributed by atoms with Crippen LogP contribution in [0.5, 0.6) is 0 Å². The van der Waals surface area contributed by atoms with Crippen LogP contribution in [0.2, 0.25) is 0 Å². The normalized spacial score (nSPS) is 13.6. The largest absolute Gasteiger partial charge is 0.444 e. The van der Waals surface area contributed by atoms with E-state index in [2.05, 4.69) is 10.6 Å². The van der Waals surface area contributed by atoms with Crippen molar-refractivity contribution in [3.63, 3.8) is 0 Å². The van der Waals surface area contributed by atoms with Crippen molar-refractivity contribution in [3.8, 4) is 0 Å². The van der Waals surface area contributed by atoms with Crippen LogP contribution in [0.3, 0.4) is 0 Å². The number of hydrogen-bond acceptors (Lipinski definition) is 5. The smallest absolute Gasteiger partial charge is 0.408 e. The van der Waals surface area contributed by atoms with Crippen LogP contribution in [0.1, 0.15) is 68.7 Å². The molecule has 0 saturated heterocycles. The SMILES string of the molecule is CC(C)(C)OC(=O)NCC[C@H](NC(=O)OC(C)(C)C)C(=O)C(C)(C)C. The van der Waals surface area contributed by atoms with Crippen LogP contribution in [0.15, 0.2) is 0 Å². The second-order valence-electron chi connectivity index (χ2n) is 9.03. The summed E-state index contributed by atoms with van der Waals surface area (Å²) >= 11 is 0. The van der Waals surface area contributed by atoms with E-state index in [0.717, 1.165) is 0 Å². The molecule has 0 heterocycles. The molecule has 7 heteroatoms. The molecule has 0 aromatic rings. The zero-order valence-corrected chi connectivity index (χ0v) is 17.0. The molecule has 146 valence electrons. The molecule has 2 N–H and O–H groups in total. The lowest BCUT2D eigenvalue weighted by molar-refractivity contribution is -0.128. The summed E-state index contributed by atoms with van der Waals surface area (Å²) in [6.07, 6.45) is -0.978. The van der Waals surface area contributed by atoms with E-state index in [1.54, 1.807) is 62.3 Å². The maximum Gasteiger partial charge on any atom is 0.408 e. The molecule has 0 fully saturated rings. The Kier molecular flexibility index (Phi) is 7.93. The van der Waals surface area contributed by atoms with Gasteiger partial charge in [0.15, 0.2) is 5.78 Å². The maximum absolute atomic E-state index is 12.6. The van der Waals surface area contributed by atoms with Crippen LogP contribution in [0, 0.1) is 5.41 Å². The maximum atomic E-state index is 12.6. The predicted molar refractivity (Wildman–Crippen MR) is 96.5 cm³/mol. The third-order valence-corrected chi connectivity index (χ3v) is 2.85. The zero-order chi connectivity index (χ0) is 20.1. The van der Waals surface area contributed by atoms with Gasteiger partial charge in [0.25, 0.3) is 0 Å². The van der Waals surface area contributed by atoms with Gasteiger partial charge in [-0.1, -0.05) is 20.8 Å². The lowest BCUT2D eigenvalue weighted by atomic mass is 9.85. The van der Waals surface area contributed by atoms with Gasteiger partial charge in [-0.25, -0.2) is 9.59 Å². The molecule has 0 saturated carbocycles. The summed E-state index contributed by atoms with van der Waals surface area (Å²) < 4.78 is 10.4. The molecule has 0 aliphatic heterocycles. The lowest BCUT2D eigenvalue weighted by Crippen LogP contribution is -2.48. The van der Waals surface area contributed by atoms with Crippen molar-refractivity contribution >= 4 is 18.0 Å². The fraction of sp³-hybridized carbons (Fsp3) is 0.833. The summed E-state index contributed by atoms with van der Waals surface area (Å²) in [7, 11) is 0. The van der Waals surface area contributed by atoms with E-state index in [1.807, 2.05) is 0 Å². The van der Waals surface area contributed by atoms with Gasteiger partial charge in [-0.2, -0.15) is 0 Å². The molecule has 0 aliphatic rings. The first kappa shape index (κ1) is 23.2. The zero-order valence-electron chi connectivity index (χ0n) is 17.0. The first-order valence-electron chi connectivity index (χ1n) is 8.52. The fourth-order valence-electron chi connectivity index (χ4n) is 1.87. The van der Waals surface area contributed by atoms with Gasteiger partial charge in [0, 0.05) is 12.0 Å². The number of carbonyl (C=O) groups excluding carboxylic acids is 3. The highest BCUT2D eigenvalue weighted by Crippen LogP contribution is 2.19. The summed E-state index contributed by atoms with van der Waals surface area (Å²) in [5.74, 6) is -0.135. The van der Waals surface area contributed by atoms with E-state index >= 15 is 0 Å². The van der Waals surface area contributed by atoms with Gasteiger partial charge in [0.05, 0.1) is 6.04 Å². The Morgan fingerprint density at radius 1 is 0.800 bits per heavy atom. The molecule has 2 amide bonds. The molecule has 0 spiro atoms. The summed E-state index contributed by atoms with van der Waals surface area (Å²) in [5, 5.41) is 5.19. The minimum atomic E-state index is -0.759. The van der Waals surface area contributed by atoms with Crippen LogP contribution in [-0.4, -0.2) is 41.8 Å². The van der Waals surface area contributed by atoms with Crippen LogP contribution in [-0.2, 0) is 14.3 Å². The first-order valence-corrected chi connectivity index (χ1v) is 8.52. The Morgan fingerprint density at radius 3 is 1.64 bits per heavy atom. The Hall–Kier alpha value is -1.79. The second-order valence-corrected chi connectivity index (χ2v) is 9.03. The molecule has 0 bridgehead atoms. The summed E-state index contributed by atoms with van der Waals surface area (Å²) in [6, 6.07) is -0.759. The van der Waals surface area contributed by atoms with Gasteiger partial charge in [0.1, 0.15) is 11.2 Å². The third-order valence-electron chi connectivity index (χ3n) is 2.85. The van der Waals surface area contributed by atoms with Gasteiger partial charge in [-0.3, -0.25) is 4.79 Å². The van der Waals surface area contributed by atoms with Crippen LogP contribution >= 0.6 is 0 Å². The van der Waals surface area contributed by atoms with Gasteiger partial charge in [0.2, 0.25) is 0 Å². The van der Waals surface area contributed by atoms with Gasteiger partial charge < -0.3 is 20.1 Å². The number of rotatable bonds is 5. The molecule has 0 aliphatic carbocycles. The van der Waals surface area contributed by atoms with E-state index in [0.29, 0.717) is 0 Å². The van der Waals surface area contributed by atoms with E-state index in [4.69, 9.17) is 9.47 Å². The Labute approximate surface area is 151 Å². The lowest BCUT2D eigenvalue weighted by Gasteiger charge is -2.27. The predicted octanol–water partition coefficient (Wildman–Crippen LogP) is 3.41. The molecule has 25 heavy (non-hydrogen) atoms. The molecular formula is C18H34N2O5. The molecular weight excluding hydrogens is 324 g/mol. The van der Waals surface area contributed by atoms with E-state index in [1.165, 1.54) is 0 Å². The first-order chi connectivity index (χ1) is 11.0. The summed E-state index contributed by atoms with van der Waals surface area (Å²) in [5.41, 5.74) is -1.89. The Morgan fingerprint density at radius 2 is 1.24 bits per heavy atom. The number of hydrogen-bond donors (Lipinski definition) is 2. The van der Waals surface area contributed by atoms with E-state index in [9.17, 15) is 14.4 Å². The van der Waals surface area contributed by atoms with Crippen molar-refractivity contribution in [2.75, 3.05) is 6.54 Å². The van der Waals surface area contributed by atoms with Gasteiger partial charge >= 0.3 is 12.2 Å². The average Bonchev–Trinajstić information content (AvgIpc) is 2.30. The molecule has 0 aromatic carbocycles. The number of Topliss-reactive ketones (excluding diaryl/α,β-unsaturated/α-hetero) is 1. The second kappa shape index (κ2) is 8.54. The molecule has 0 rings (SSSR count). The highest BCUT2D eigenvalue weighted by atomic mass is 16.6. The van der Waals surface area contributed by atoms with Crippen molar-refractivity contribution in [2.45, 2.75) is 86.0 Å². The number of carbonyl (C=O) groups is 3. The Balaban J connectivity index is 4.79. The molecule has 7 nitrogen and oxygen atoms in total. The van der Waals surface area contributed by atoms with Crippen molar-refractivity contribution < 1.29 is 23.9 Å². The number of amides is 2. The third kappa shape index (κ3) is 11.4. The van der Waals surface area contributed by atoms with Gasteiger partial charge in [-0.15, -0.1) is 0 Å². The average molecular weight is 358 g/mol. The topological polar surface area (TPSA) is 93.7 Å². The van der Waals surface area contributed by atoms with Crippen molar-refractivity contribution in [1.29, 1.82) is 0 Å². The molecule has 1 atom stereocenters. The monoisotopic (exact) mass is 358 g/mol. The highest BCUT2D eigenvalue weighted by Gasteiger charge is 2.32. The number of nitrogens with one attached hydrogen (secondary N) is 2. The fourth-order valence-corrected chi connectivity index (χ4v) is 1.87.